The Hall–Kier alpha value is -4.66. The van der Waals surface area contributed by atoms with Crippen molar-refractivity contribution in [3.63, 3.8) is 0 Å². The van der Waals surface area contributed by atoms with Crippen LogP contribution in [0.15, 0.2) is 72.8 Å². The van der Waals surface area contributed by atoms with E-state index in [0.717, 1.165) is 11.1 Å². The van der Waals surface area contributed by atoms with Crippen LogP contribution in [0, 0.1) is 13.8 Å². The average Bonchev–Trinajstić information content (AvgIpc) is 2.87. The summed E-state index contributed by atoms with van der Waals surface area (Å²) in [5.41, 5.74) is 2.23. The van der Waals surface area contributed by atoms with E-state index in [0.29, 0.717) is 18.0 Å². The Bertz CT molecular complexity index is 1250. The molecule has 3 rings (SSSR count). The predicted octanol–water partition coefficient (Wildman–Crippen LogP) is 4.18. The first kappa shape index (κ1) is 26.9. The van der Waals surface area contributed by atoms with Gasteiger partial charge >= 0.3 is 17.9 Å². The molecule has 9 heteroatoms. The number of carboxylic acids is 1. The van der Waals surface area contributed by atoms with Crippen LogP contribution in [-0.4, -0.2) is 47.7 Å². The zero-order chi connectivity index (χ0) is 26.9. The van der Waals surface area contributed by atoms with Gasteiger partial charge in [0.15, 0.2) is 0 Å². The fourth-order valence-corrected chi connectivity index (χ4v) is 3.26. The fraction of sp³-hybridized carbons (Fsp3) is 0.214. The van der Waals surface area contributed by atoms with Gasteiger partial charge in [0.1, 0.15) is 5.75 Å². The van der Waals surface area contributed by atoms with E-state index in [-0.39, 0.29) is 11.1 Å². The number of aliphatic carboxylic acids is 1. The van der Waals surface area contributed by atoms with Crippen molar-refractivity contribution in [2.45, 2.75) is 33.0 Å². The van der Waals surface area contributed by atoms with Gasteiger partial charge < -0.3 is 24.6 Å². The van der Waals surface area contributed by atoms with Crippen LogP contribution in [0.2, 0.25) is 0 Å². The van der Waals surface area contributed by atoms with E-state index in [4.69, 9.17) is 14.2 Å². The van der Waals surface area contributed by atoms with Crippen molar-refractivity contribution in [3.8, 4) is 5.75 Å². The van der Waals surface area contributed by atoms with Gasteiger partial charge in [-0.25, -0.2) is 14.4 Å². The molecule has 0 saturated carbocycles. The second-order valence-corrected chi connectivity index (χ2v) is 8.17. The maximum absolute atomic E-state index is 13.2. The minimum Gasteiger partial charge on any atom is -0.494 e. The van der Waals surface area contributed by atoms with E-state index < -0.39 is 36.0 Å². The molecule has 192 valence electrons. The van der Waals surface area contributed by atoms with Crippen molar-refractivity contribution in [1.29, 1.82) is 0 Å². The molecular formula is C28H27NO8. The topological polar surface area (TPSA) is 128 Å². The number of carbonyl (C=O) groups excluding carboxylic acids is 3. The first-order valence-corrected chi connectivity index (χ1v) is 11.5. The molecule has 0 spiro atoms. The van der Waals surface area contributed by atoms with Crippen molar-refractivity contribution in [2.24, 2.45) is 0 Å². The number of carboxylic acid groups (broad SMARTS) is 1. The number of rotatable bonds is 10. The SMILES string of the molecule is CCOc1ccc(NC(=O)[C@@H](OC(=O)c2ccc(C)cc2)[C@@H](OC(=O)c2ccc(C)cc2)C(=O)O)cc1. The van der Waals surface area contributed by atoms with Gasteiger partial charge in [0.25, 0.3) is 5.91 Å². The highest BCUT2D eigenvalue weighted by Crippen LogP contribution is 2.19. The summed E-state index contributed by atoms with van der Waals surface area (Å²) < 4.78 is 15.9. The van der Waals surface area contributed by atoms with Crippen LogP contribution in [0.4, 0.5) is 5.69 Å². The number of ether oxygens (including phenoxy) is 3. The van der Waals surface area contributed by atoms with Gasteiger partial charge in [-0.2, -0.15) is 0 Å². The number of benzene rings is 3. The summed E-state index contributed by atoms with van der Waals surface area (Å²) in [4.78, 5) is 50.8. The molecule has 0 bridgehead atoms. The standard InChI is InChI=1S/C28H27NO8/c1-4-35-22-15-13-21(14-16-22)29-25(30)23(36-27(33)19-9-5-17(2)6-10-19)24(26(31)32)37-28(34)20-11-7-18(3)8-12-20/h5-16,23-24H,4H2,1-3H3,(H,29,30)(H,31,32)/t23-,24+/m0/s1. The minimum absolute atomic E-state index is 0.0763. The summed E-state index contributed by atoms with van der Waals surface area (Å²) in [5.74, 6) is -4.03. The Morgan fingerprint density at radius 2 is 1.19 bits per heavy atom. The second kappa shape index (κ2) is 12.3. The quantitative estimate of drug-likeness (QED) is 0.393. The van der Waals surface area contributed by atoms with Gasteiger partial charge in [0.2, 0.25) is 12.2 Å². The lowest BCUT2D eigenvalue weighted by atomic mass is 10.1. The van der Waals surface area contributed by atoms with Crippen molar-refractivity contribution < 1.29 is 38.5 Å². The zero-order valence-corrected chi connectivity index (χ0v) is 20.6. The number of nitrogens with one attached hydrogen (secondary N) is 1. The lowest BCUT2D eigenvalue weighted by Gasteiger charge is -2.23. The molecule has 2 atom stereocenters. The number of esters is 2. The molecule has 0 saturated heterocycles. The second-order valence-electron chi connectivity index (χ2n) is 8.17. The van der Waals surface area contributed by atoms with Crippen molar-refractivity contribution in [2.75, 3.05) is 11.9 Å². The number of hydrogen-bond donors (Lipinski definition) is 2. The number of amides is 1. The molecule has 0 aliphatic heterocycles. The molecule has 0 aromatic heterocycles. The van der Waals surface area contributed by atoms with Crippen LogP contribution >= 0.6 is 0 Å². The maximum Gasteiger partial charge on any atom is 0.349 e. The highest BCUT2D eigenvalue weighted by molar-refractivity contribution is 6.01. The highest BCUT2D eigenvalue weighted by atomic mass is 16.6. The molecule has 37 heavy (non-hydrogen) atoms. The molecule has 9 nitrogen and oxygen atoms in total. The molecule has 3 aromatic rings. The van der Waals surface area contributed by atoms with E-state index in [2.05, 4.69) is 5.32 Å². The largest absolute Gasteiger partial charge is 0.494 e. The molecular weight excluding hydrogens is 478 g/mol. The van der Waals surface area contributed by atoms with Gasteiger partial charge in [0, 0.05) is 5.69 Å². The predicted molar refractivity (Wildman–Crippen MR) is 135 cm³/mol. The molecule has 0 aliphatic carbocycles. The van der Waals surface area contributed by atoms with Gasteiger partial charge in [-0.15, -0.1) is 0 Å². The summed E-state index contributed by atoms with van der Waals surface area (Å²) in [6.45, 7) is 5.93. The van der Waals surface area contributed by atoms with Gasteiger partial charge in [-0.05, 0) is 69.3 Å². The van der Waals surface area contributed by atoms with Crippen molar-refractivity contribution in [1.82, 2.24) is 0 Å². The molecule has 0 heterocycles. The van der Waals surface area contributed by atoms with Crippen molar-refractivity contribution >= 4 is 29.5 Å². The molecule has 0 unspecified atom stereocenters. The molecule has 3 aromatic carbocycles. The zero-order valence-electron chi connectivity index (χ0n) is 20.6. The third-order valence-corrected chi connectivity index (χ3v) is 5.25. The molecule has 1 amide bonds. The monoisotopic (exact) mass is 505 g/mol. The summed E-state index contributed by atoms with van der Waals surface area (Å²) in [7, 11) is 0. The summed E-state index contributed by atoms with van der Waals surface area (Å²) in [6.07, 6.45) is -4.11. The van der Waals surface area contributed by atoms with E-state index >= 15 is 0 Å². The lowest BCUT2D eigenvalue weighted by Crippen LogP contribution is -2.48. The first-order valence-electron chi connectivity index (χ1n) is 11.5. The summed E-state index contributed by atoms with van der Waals surface area (Å²) in [6, 6.07) is 18.8. The number of carbonyl (C=O) groups is 4. The van der Waals surface area contributed by atoms with Crippen LogP contribution in [0.1, 0.15) is 38.8 Å². The Morgan fingerprint density at radius 1 is 0.730 bits per heavy atom. The van der Waals surface area contributed by atoms with Gasteiger partial charge in [0.05, 0.1) is 17.7 Å². The van der Waals surface area contributed by atoms with Gasteiger partial charge in [-0.1, -0.05) is 35.4 Å². The number of hydrogen-bond acceptors (Lipinski definition) is 7. The molecule has 0 fully saturated rings. The first-order chi connectivity index (χ1) is 17.7. The van der Waals surface area contributed by atoms with E-state index in [9.17, 15) is 24.3 Å². The van der Waals surface area contributed by atoms with Gasteiger partial charge in [-0.3, -0.25) is 4.79 Å². The van der Waals surface area contributed by atoms with Crippen LogP contribution in [-0.2, 0) is 19.1 Å². The smallest absolute Gasteiger partial charge is 0.349 e. The van der Waals surface area contributed by atoms with Crippen LogP contribution in [0.5, 0.6) is 5.75 Å². The molecule has 2 N–H and O–H groups in total. The summed E-state index contributed by atoms with van der Waals surface area (Å²) in [5, 5.41) is 12.4. The van der Waals surface area contributed by atoms with Crippen molar-refractivity contribution in [3.05, 3.63) is 95.1 Å². The van der Waals surface area contributed by atoms with E-state index in [1.54, 1.807) is 36.4 Å². The Kier molecular flexibility index (Phi) is 8.99. The Balaban J connectivity index is 1.88. The van der Waals surface area contributed by atoms with Crippen LogP contribution < -0.4 is 10.1 Å². The maximum atomic E-state index is 13.2. The van der Waals surface area contributed by atoms with Crippen LogP contribution in [0.25, 0.3) is 0 Å². The highest BCUT2D eigenvalue weighted by Gasteiger charge is 2.41. The molecule has 0 radical (unpaired) electrons. The Morgan fingerprint density at radius 3 is 1.62 bits per heavy atom. The minimum atomic E-state index is -2.12. The van der Waals surface area contributed by atoms with E-state index in [1.807, 2.05) is 20.8 Å². The van der Waals surface area contributed by atoms with Crippen LogP contribution in [0.3, 0.4) is 0 Å². The molecule has 0 aliphatic rings. The average molecular weight is 506 g/mol. The summed E-state index contributed by atoms with van der Waals surface area (Å²) >= 11 is 0. The normalized spacial score (nSPS) is 12.1. The lowest BCUT2D eigenvalue weighted by molar-refractivity contribution is -0.157. The fourth-order valence-electron chi connectivity index (χ4n) is 3.26. The third-order valence-electron chi connectivity index (χ3n) is 5.25. The number of aryl methyl sites for hydroxylation is 2. The number of anilines is 1. The van der Waals surface area contributed by atoms with E-state index in [1.165, 1.54) is 36.4 Å². The third kappa shape index (κ3) is 7.41. The Labute approximate surface area is 214 Å².